The lowest BCUT2D eigenvalue weighted by molar-refractivity contribution is 0.527. The molecule has 0 saturated carbocycles. The van der Waals surface area contributed by atoms with Gasteiger partial charge in [-0.1, -0.05) is 29.7 Å². The molecule has 3 nitrogen and oxygen atoms in total. The first-order chi connectivity index (χ1) is 11.1. The molecule has 0 amide bonds. The summed E-state index contributed by atoms with van der Waals surface area (Å²) in [6, 6.07) is 2.00. The van der Waals surface area contributed by atoms with Crippen molar-refractivity contribution < 1.29 is 0 Å². The van der Waals surface area contributed by atoms with Gasteiger partial charge in [0.15, 0.2) is 0 Å². The summed E-state index contributed by atoms with van der Waals surface area (Å²) in [5.74, 6) is 6.21. The lowest BCUT2D eigenvalue weighted by atomic mass is 9.88. The number of nitrogens with zero attached hydrogens (tertiary/aromatic N) is 1. The van der Waals surface area contributed by atoms with Gasteiger partial charge in [-0.05, 0) is 35.7 Å². The van der Waals surface area contributed by atoms with Crippen molar-refractivity contribution in [2.75, 3.05) is 11.9 Å². The molecule has 0 fully saturated rings. The van der Waals surface area contributed by atoms with Crippen LogP contribution in [0.4, 0.5) is 5.69 Å². The van der Waals surface area contributed by atoms with E-state index < -0.39 is 0 Å². The van der Waals surface area contributed by atoms with Crippen LogP contribution in [0.25, 0.3) is 10.2 Å². The summed E-state index contributed by atoms with van der Waals surface area (Å²) in [5.41, 5.74) is 8.19. The van der Waals surface area contributed by atoms with Crippen molar-refractivity contribution in [2.24, 2.45) is 5.73 Å². The van der Waals surface area contributed by atoms with Gasteiger partial charge in [-0.3, -0.25) is 0 Å². The molecule has 3 rings (SSSR count). The molecule has 0 spiro atoms. The Balaban J connectivity index is 2.07. The Kier molecular flexibility index (Phi) is 5.27. The van der Waals surface area contributed by atoms with Crippen LogP contribution in [0.3, 0.4) is 0 Å². The van der Waals surface area contributed by atoms with Crippen molar-refractivity contribution in [1.82, 2.24) is 4.98 Å². The van der Waals surface area contributed by atoms with Crippen LogP contribution in [0.1, 0.15) is 30.6 Å². The second-order valence-corrected chi connectivity index (χ2v) is 7.68. The van der Waals surface area contributed by atoms with Crippen LogP contribution in [0.15, 0.2) is 22.7 Å². The van der Waals surface area contributed by atoms with Crippen molar-refractivity contribution in [1.29, 1.82) is 0 Å². The Bertz CT molecular complexity index is 819. The molecule has 0 aliphatic heterocycles. The number of fused-ring (bicyclic) bond motifs is 1. The third-order valence-corrected chi connectivity index (χ3v) is 6.54. The molecule has 2 aromatic heterocycles. The van der Waals surface area contributed by atoms with Crippen LogP contribution in [-0.4, -0.2) is 17.6 Å². The molecule has 1 aliphatic rings. The zero-order valence-corrected chi connectivity index (χ0v) is 15.9. The van der Waals surface area contributed by atoms with E-state index in [1.807, 2.05) is 13.0 Å². The Hall–Kier alpha value is -1.06. The van der Waals surface area contributed by atoms with E-state index in [0.29, 0.717) is 17.6 Å². The topological polar surface area (TPSA) is 50.9 Å². The molecule has 1 aliphatic carbocycles. The maximum Gasteiger partial charge on any atom is 0.131 e. The first-order valence-corrected chi connectivity index (χ1v) is 9.43. The summed E-state index contributed by atoms with van der Waals surface area (Å²) >= 11 is 11.6. The van der Waals surface area contributed by atoms with Gasteiger partial charge in [0, 0.05) is 22.9 Å². The van der Waals surface area contributed by atoms with Crippen LogP contribution in [0.2, 0.25) is 5.15 Å². The van der Waals surface area contributed by atoms with Gasteiger partial charge >= 0.3 is 0 Å². The van der Waals surface area contributed by atoms with Crippen LogP contribution < -0.4 is 11.1 Å². The molecule has 6 heteroatoms. The molecule has 2 aromatic rings. The Morgan fingerprint density at radius 3 is 3.00 bits per heavy atom. The molecule has 0 radical (unpaired) electrons. The number of nitrogens with two attached hydrogens (primary N) is 1. The average molecular weight is 411 g/mol. The second-order valence-electron chi connectivity index (χ2n) is 5.44. The first-order valence-electron chi connectivity index (χ1n) is 7.44. The van der Waals surface area contributed by atoms with Gasteiger partial charge in [0.1, 0.15) is 5.15 Å². The van der Waals surface area contributed by atoms with Crippen LogP contribution in [-0.2, 0) is 0 Å². The summed E-state index contributed by atoms with van der Waals surface area (Å²) in [6.45, 7) is 2.41. The lowest BCUT2D eigenvalue weighted by Crippen LogP contribution is -2.29. The number of rotatable bonds is 3. The van der Waals surface area contributed by atoms with Gasteiger partial charge in [0.05, 0.1) is 26.9 Å². The minimum absolute atomic E-state index is 0.141. The van der Waals surface area contributed by atoms with Gasteiger partial charge in [-0.15, -0.1) is 17.3 Å². The normalized spacial score (nSPS) is 20.3. The minimum atomic E-state index is 0.141. The highest BCUT2D eigenvalue weighted by atomic mass is 79.9. The van der Waals surface area contributed by atoms with E-state index in [-0.39, 0.29) is 6.04 Å². The van der Waals surface area contributed by atoms with Crippen LogP contribution in [0, 0.1) is 11.8 Å². The highest BCUT2D eigenvalue weighted by Gasteiger charge is 2.27. The number of hydrogen-bond donors (Lipinski definition) is 2. The number of anilines is 1. The maximum absolute atomic E-state index is 6.32. The molecule has 2 heterocycles. The summed E-state index contributed by atoms with van der Waals surface area (Å²) < 4.78 is 2.11. The summed E-state index contributed by atoms with van der Waals surface area (Å²) in [4.78, 5) is 5.75. The van der Waals surface area contributed by atoms with Crippen molar-refractivity contribution in [3.63, 3.8) is 0 Å². The van der Waals surface area contributed by atoms with Crippen molar-refractivity contribution in [2.45, 2.75) is 31.7 Å². The fraction of sp³-hybridized carbons (Fsp3) is 0.353. The van der Waals surface area contributed by atoms with E-state index in [1.54, 1.807) is 11.3 Å². The largest absolute Gasteiger partial charge is 0.373 e. The van der Waals surface area contributed by atoms with Crippen molar-refractivity contribution >= 4 is 54.8 Å². The van der Waals surface area contributed by atoms with Gasteiger partial charge < -0.3 is 11.1 Å². The number of aromatic nitrogens is 1. The number of pyridine rings is 1. The predicted molar refractivity (Wildman–Crippen MR) is 103 cm³/mol. The third kappa shape index (κ3) is 3.41. The molecule has 0 unspecified atom stereocenters. The summed E-state index contributed by atoms with van der Waals surface area (Å²) in [5, 5.41) is 3.80. The van der Waals surface area contributed by atoms with Crippen LogP contribution >= 0.6 is 38.9 Å². The molecule has 3 N–H and O–H groups in total. The highest BCUT2D eigenvalue weighted by molar-refractivity contribution is 9.10. The van der Waals surface area contributed by atoms with Gasteiger partial charge in [0.2, 0.25) is 0 Å². The number of nitrogens with one attached hydrogen (secondary N) is 1. The minimum Gasteiger partial charge on any atom is -0.373 e. The standard InChI is InChI=1S/C17H17BrClN3S/c1-2-3-8-21-12-9-13(19)22-15-14(18)16(23-17(12)15)10-6-4-5-7-11(10)20/h4-5,9-11H,6-8,20H2,1H3,(H,21,22)/t10-,11-/m1/s1. The van der Waals surface area contributed by atoms with E-state index in [2.05, 4.69) is 50.2 Å². The van der Waals surface area contributed by atoms with E-state index >= 15 is 0 Å². The molecule has 23 heavy (non-hydrogen) atoms. The molecule has 0 bridgehead atoms. The fourth-order valence-corrected chi connectivity index (χ4v) is 5.22. The first kappa shape index (κ1) is 16.8. The smallest absolute Gasteiger partial charge is 0.131 e. The molecule has 120 valence electrons. The summed E-state index contributed by atoms with van der Waals surface area (Å²) in [7, 11) is 0. The maximum atomic E-state index is 6.32. The monoisotopic (exact) mass is 409 g/mol. The number of halogens is 2. The van der Waals surface area contributed by atoms with Crippen molar-refractivity contribution in [3.05, 3.63) is 32.7 Å². The van der Waals surface area contributed by atoms with E-state index in [0.717, 1.165) is 33.2 Å². The molecule has 0 aromatic carbocycles. The zero-order valence-electron chi connectivity index (χ0n) is 12.7. The van der Waals surface area contributed by atoms with Gasteiger partial charge in [-0.25, -0.2) is 4.98 Å². The number of thiophene rings is 1. The molecule has 2 atom stereocenters. The Labute approximate surface area is 153 Å². The van der Waals surface area contributed by atoms with Crippen LogP contribution in [0.5, 0.6) is 0 Å². The van der Waals surface area contributed by atoms with E-state index in [1.165, 1.54) is 4.88 Å². The average Bonchev–Trinajstić information content (AvgIpc) is 2.85. The number of allylic oxidation sites excluding steroid dienone is 1. The van der Waals surface area contributed by atoms with Gasteiger partial charge in [0.25, 0.3) is 0 Å². The number of hydrogen-bond acceptors (Lipinski definition) is 4. The zero-order chi connectivity index (χ0) is 16.4. The highest BCUT2D eigenvalue weighted by Crippen LogP contribution is 2.45. The lowest BCUT2D eigenvalue weighted by Gasteiger charge is -2.24. The SMILES string of the molecule is CC#CCNc1cc(Cl)nc2c(Br)c([C@@H]3CC=CC[C@H]3N)sc12. The van der Waals surface area contributed by atoms with E-state index in [9.17, 15) is 0 Å². The molecule has 0 saturated heterocycles. The Morgan fingerprint density at radius 2 is 2.26 bits per heavy atom. The predicted octanol–water partition coefficient (Wildman–Crippen LogP) is 4.91. The quantitative estimate of drug-likeness (QED) is 0.429. The van der Waals surface area contributed by atoms with Crippen molar-refractivity contribution in [3.8, 4) is 11.8 Å². The Morgan fingerprint density at radius 1 is 1.48 bits per heavy atom. The molecular weight excluding hydrogens is 394 g/mol. The third-order valence-electron chi connectivity index (χ3n) is 3.94. The summed E-state index contributed by atoms with van der Waals surface area (Å²) in [6.07, 6.45) is 6.25. The second kappa shape index (κ2) is 7.23. The van der Waals surface area contributed by atoms with Gasteiger partial charge in [-0.2, -0.15) is 0 Å². The van der Waals surface area contributed by atoms with E-state index in [4.69, 9.17) is 17.3 Å². The fourth-order valence-electron chi connectivity index (χ4n) is 2.76. The molecular formula is C17H17BrClN3S.